The van der Waals surface area contributed by atoms with Gasteiger partial charge in [-0.1, -0.05) is 43.2 Å². The van der Waals surface area contributed by atoms with Gasteiger partial charge in [0, 0.05) is 11.1 Å². The van der Waals surface area contributed by atoms with Crippen molar-refractivity contribution in [2.24, 2.45) is 0 Å². The number of rotatable bonds is 7. The molecule has 0 atom stereocenters. The fraction of sp³-hybridized carbons (Fsp3) is 0.321. The summed E-state index contributed by atoms with van der Waals surface area (Å²) in [6, 6.07) is 10.9. The number of ether oxygens (including phenoxy) is 1. The second-order valence-corrected chi connectivity index (χ2v) is 11.9. The summed E-state index contributed by atoms with van der Waals surface area (Å²) in [4.78, 5) is -0.238. The zero-order valence-electron chi connectivity index (χ0n) is 21.0. The van der Waals surface area contributed by atoms with E-state index in [9.17, 15) is 43.5 Å². The molecule has 0 heterocycles. The molecule has 3 aromatic carbocycles. The van der Waals surface area contributed by atoms with Crippen molar-refractivity contribution >= 4 is 9.84 Å². The van der Waals surface area contributed by atoms with Gasteiger partial charge >= 0.3 is 12.4 Å². The molecule has 4 rings (SSSR count). The van der Waals surface area contributed by atoms with Crippen molar-refractivity contribution in [3.63, 3.8) is 0 Å². The Balaban J connectivity index is 1.79. The molecular formula is C28H21F8NO3S. The summed E-state index contributed by atoms with van der Waals surface area (Å²) in [5.41, 5.74) is -7.15. The number of benzene rings is 3. The summed E-state index contributed by atoms with van der Waals surface area (Å²) in [5.74, 6) is -1.92. The van der Waals surface area contributed by atoms with E-state index in [4.69, 9.17) is 5.26 Å². The number of nitrogens with zero attached hydrogens (tertiary/aromatic N) is 1. The van der Waals surface area contributed by atoms with Gasteiger partial charge in [0.2, 0.25) is 0 Å². The SMILES string of the molecule is N#Cc1ccc(COC(c2ccc(C3(S(=O)(=O)c4ccc(F)cc4)CCCC3)cc2)(C(F)(F)F)C(F)(F)F)c(F)c1. The fourth-order valence-electron chi connectivity index (χ4n) is 5.16. The van der Waals surface area contributed by atoms with Gasteiger partial charge in [0.1, 0.15) is 16.4 Å². The molecule has 0 amide bonds. The first-order chi connectivity index (χ1) is 19.1. The average Bonchev–Trinajstić information content (AvgIpc) is 3.41. The lowest BCUT2D eigenvalue weighted by molar-refractivity contribution is -0.392. The maximum Gasteiger partial charge on any atom is 0.430 e. The molecule has 0 N–H and O–H groups in total. The summed E-state index contributed by atoms with van der Waals surface area (Å²) in [6.07, 6.45) is -11.2. The van der Waals surface area contributed by atoms with Crippen LogP contribution in [-0.4, -0.2) is 20.8 Å². The molecule has 1 aliphatic rings. The molecule has 1 aliphatic carbocycles. The minimum Gasteiger partial charge on any atom is -0.349 e. The number of hydrogen-bond acceptors (Lipinski definition) is 4. The summed E-state index contributed by atoms with van der Waals surface area (Å²) < 4.78 is 144. The van der Waals surface area contributed by atoms with E-state index in [1.807, 2.05) is 0 Å². The highest BCUT2D eigenvalue weighted by Gasteiger charge is 2.73. The minimum atomic E-state index is -6.07. The predicted octanol–water partition coefficient (Wildman–Crippen LogP) is 7.62. The van der Waals surface area contributed by atoms with Gasteiger partial charge in [-0.2, -0.15) is 31.6 Å². The third-order valence-corrected chi connectivity index (χ3v) is 9.86. The van der Waals surface area contributed by atoms with Crippen molar-refractivity contribution in [1.82, 2.24) is 0 Å². The summed E-state index contributed by atoms with van der Waals surface area (Å²) >= 11 is 0. The molecule has 3 aromatic rings. The van der Waals surface area contributed by atoms with E-state index in [-0.39, 0.29) is 28.9 Å². The Kier molecular flexibility index (Phi) is 7.97. The smallest absolute Gasteiger partial charge is 0.349 e. The summed E-state index contributed by atoms with van der Waals surface area (Å²) in [7, 11) is -4.24. The first-order valence-corrected chi connectivity index (χ1v) is 13.6. The van der Waals surface area contributed by atoms with Crippen molar-refractivity contribution in [3.8, 4) is 6.07 Å². The monoisotopic (exact) mass is 603 g/mol. The van der Waals surface area contributed by atoms with Gasteiger partial charge in [-0.3, -0.25) is 0 Å². The maximum absolute atomic E-state index is 14.3. The van der Waals surface area contributed by atoms with Gasteiger partial charge in [0.15, 0.2) is 9.84 Å². The molecule has 41 heavy (non-hydrogen) atoms. The van der Waals surface area contributed by atoms with Gasteiger partial charge in [-0.25, -0.2) is 17.2 Å². The summed E-state index contributed by atoms with van der Waals surface area (Å²) in [6.45, 7) is -1.44. The van der Waals surface area contributed by atoms with Crippen molar-refractivity contribution < 1.29 is 48.3 Å². The lowest BCUT2D eigenvalue weighted by Crippen LogP contribution is -2.55. The van der Waals surface area contributed by atoms with Gasteiger partial charge in [-0.15, -0.1) is 0 Å². The van der Waals surface area contributed by atoms with Crippen molar-refractivity contribution in [2.45, 2.75) is 59.9 Å². The molecule has 0 unspecified atom stereocenters. The highest BCUT2D eigenvalue weighted by molar-refractivity contribution is 7.92. The molecule has 13 heteroatoms. The van der Waals surface area contributed by atoms with Gasteiger partial charge in [-0.05, 0) is 54.8 Å². The van der Waals surface area contributed by atoms with Crippen molar-refractivity contribution in [3.05, 3.63) is 101 Å². The van der Waals surface area contributed by atoms with Gasteiger partial charge in [0.05, 0.1) is 23.1 Å². The average molecular weight is 604 g/mol. The zero-order chi connectivity index (χ0) is 30.3. The first kappa shape index (κ1) is 30.5. The molecule has 0 saturated heterocycles. The van der Waals surface area contributed by atoms with Gasteiger partial charge in [0.25, 0.3) is 5.60 Å². The lowest BCUT2D eigenvalue weighted by Gasteiger charge is -2.38. The number of nitriles is 1. The van der Waals surface area contributed by atoms with E-state index < -0.39 is 61.9 Å². The maximum atomic E-state index is 14.3. The zero-order valence-corrected chi connectivity index (χ0v) is 21.8. The fourth-order valence-corrected chi connectivity index (χ4v) is 7.38. The largest absolute Gasteiger partial charge is 0.430 e. The van der Waals surface area contributed by atoms with Crippen molar-refractivity contribution in [2.75, 3.05) is 0 Å². The van der Waals surface area contributed by atoms with Crippen LogP contribution in [0.3, 0.4) is 0 Å². The Hall–Kier alpha value is -3.50. The highest BCUT2D eigenvalue weighted by atomic mass is 32.2. The number of hydrogen-bond donors (Lipinski definition) is 0. The van der Waals surface area contributed by atoms with Crippen LogP contribution >= 0.6 is 0 Å². The molecule has 4 nitrogen and oxygen atoms in total. The molecular weight excluding hydrogens is 582 g/mol. The van der Waals surface area contributed by atoms with Crippen LogP contribution in [-0.2, 0) is 31.5 Å². The third-order valence-electron chi connectivity index (χ3n) is 7.29. The first-order valence-electron chi connectivity index (χ1n) is 12.2. The molecule has 0 bridgehead atoms. The van der Waals surface area contributed by atoms with Crippen LogP contribution in [0, 0.1) is 23.0 Å². The number of alkyl halides is 6. The van der Waals surface area contributed by atoms with Crippen LogP contribution in [0.15, 0.2) is 71.6 Å². The second kappa shape index (κ2) is 10.7. The minimum absolute atomic E-state index is 0.0283. The molecule has 1 saturated carbocycles. The van der Waals surface area contributed by atoms with Crippen LogP contribution in [0.2, 0.25) is 0 Å². The normalized spacial score (nSPS) is 16.0. The number of halogens is 8. The van der Waals surface area contributed by atoms with E-state index in [0.29, 0.717) is 31.0 Å². The quantitative estimate of drug-likeness (QED) is 0.206. The molecule has 0 radical (unpaired) electrons. The molecule has 1 fully saturated rings. The third kappa shape index (κ3) is 5.19. The van der Waals surface area contributed by atoms with E-state index in [1.165, 1.54) is 0 Å². The lowest BCUT2D eigenvalue weighted by atomic mass is 9.88. The van der Waals surface area contributed by atoms with Crippen LogP contribution in [0.1, 0.15) is 47.9 Å². The van der Waals surface area contributed by atoms with E-state index in [2.05, 4.69) is 4.74 Å². The van der Waals surface area contributed by atoms with E-state index in [0.717, 1.165) is 48.5 Å². The highest BCUT2D eigenvalue weighted by Crippen LogP contribution is 2.54. The molecule has 0 spiro atoms. The Bertz CT molecular complexity index is 1540. The van der Waals surface area contributed by atoms with Gasteiger partial charge < -0.3 is 4.74 Å². The van der Waals surface area contributed by atoms with E-state index >= 15 is 0 Å². The van der Waals surface area contributed by atoms with E-state index in [1.54, 1.807) is 6.07 Å². The van der Waals surface area contributed by atoms with Crippen LogP contribution in [0.4, 0.5) is 35.1 Å². The standard InChI is InChI=1S/C28H21F8NO3S/c29-22-9-11-23(12-10-22)41(38,39)25(13-1-2-14-25)20-5-7-21(8-6-20)26(27(31,32)33,28(34,35)36)40-17-19-4-3-18(16-37)15-24(19)30/h3-12,15H,1-2,13-14,17H2. The number of sulfone groups is 1. The Morgan fingerprint density at radius 1 is 0.829 bits per heavy atom. The Morgan fingerprint density at radius 3 is 1.88 bits per heavy atom. The van der Waals surface area contributed by atoms with Crippen molar-refractivity contribution in [1.29, 1.82) is 5.26 Å². The predicted molar refractivity (Wildman–Crippen MR) is 130 cm³/mol. The molecule has 0 aromatic heterocycles. The second-order valence-electron chi connectivity index (χ2n) is 9.62. The molecule has 218 valence electrons. The summed E-state index contributed by atoms with van der Waals surface area (Å²) in [5, 5.41) is 8.82. The van der Waals surface area contributed by atoms with Crippen LogP contribution in [0.25, 0.3) is 0 Å². The topological polar surface area (TPSA) is 67.2 Å². The van der Waals surface area contributed by atoms with Crippen LogP contribution < -0.4 is 0 Å². The van der Waals surface area contributed by atoms with Crippen LogP contribution in [0.5, 0.6) is 0 Å². The Labute approximate surface area is 230 Å². The molecule has 0 aliphatic heterocycles. The Morgan fingerprint density at radius 2 is 1.39 bits per heavy atom.